The van der Waals surface area contributed by atoms with Gasteiger partial charge in [0.2, 0.25) is 0 Å². The summed E-state index contributed by atoms with van der Waals surface area (Å²) in [7, 11) is 1.71. The first-order chi connectivity index (χ1) is 9.71. The van der Waals surface area contributed by atoms with E-state index in [1.54, 1.807) is 7.11 Å². The minimum Gasteiger partial charge on any atom is -0.497 e. The van der Waals surface area contributed by atoms with E-state index in [4.69, 9.17) is 4.74 Å². The maximum Gasteiger partial charge on any atom is 0.119 e. The normalized spacial score (nSPS) is 21.2. The second kappa shape index (κ2) is 6.29. The van der Waals surface area contributed by atoms with Crippen molar-refractivity contribution in [2.24, 2.45) is 10.8 Å². The van der Waals surface area contributed by atoms with Gasteiger partial charge < -0.3 is 10.1 Å². The smallest absolute Gasteiger partial charge is 0.119 e. The number of halogens is 1. The fourth-order valence-electron chi connectivity index (χ4n) is 4.06. The molecule has 0 radical (unpaired) electrons. The summed E-state index contributed by atoms with van der Waals surface area (Å²) in [6.45, 7) is 10.5. The summed E-state index contributed by atoms with van der Waals surface area (Å²) in [5.41, 5.74) is 2.10. The summed E-state index contributed by atoms with van der Waals surface area (Å²) in [6.07, 6.45) is 3.80. The molecular weight excluding hydrogens is 326 g/mol. The van der Waals surface area contributed by atoms with Crippen LogP contribution >= 0.6 is 15.9 Å². The number of rotatable bonds is 4. The standard InChI is InChI=1S/C18H28BrNO/c1-17(2)9-14(10-18(3,4)12-17)20-11-13-8-15(21-5)6-7-16(13)19/h6-8,14,20H,9-12H2,1-5H3. The predicted octanol–water partition coefficient (Wildman–Crippen LogP) is 5.15. The Kier molecular flexibility index (Phi) is 5.04. The van der Waals surface area contributed by atoms with E-state index in [0.717, 1.165) is 16.8 Å². The molecule has 1 saturated carbocycles. The monoisotopic (exact) mass is 353 g/mol. The lowest BCUT2D eigenvalue weighted by molar-refractivity contribution is 0.0844. The summed E-state index contributed by atoms with van der Waals surface area (Å²) in [5, 5.41) is 3.76. The molecule has 118 valence electrons. The molecule has 0 saturated heterocycles. The molecule has 0 aliphatic heterocycles. The molecule has 1 aromatic carbocycles. The van der Waals surface area contributed by atoms with Crippen molar-refractivity contribution in [3.63, 3.8) is 0 Å². The van der Waals surface area contributed by atoms with Crippen LogP contribution in [0.25, 0.3) is 0 Å². The highest BCUT2D eigenvalue weighted by Gasteiger charge is 2.38. The molecule has 1 aliphatic carbocycles. The zero-order valence-electron chi connectivity index (χ0n) is 13.9. The van der Waals surface area contributed by atoms with Crippen LogP contribution in [-0.2, 0) is 6.54 Å². The Balaban J connectivity index is 2.02. The Morgan fingerprint density at radius 1 is 1.19 bits per heavy atom. The first-order valence-corrected chi connectivity index (χ1v) is 8.56. The molecule has 0 heterocycles. The number of hydrogen-bond acceptors (Lipinski definition) is 2. The molecule has 1 N–H and O–H groups in total. The summed E-state index contributed by atoms with van der Waals surface area (Å²) < 4.78 is 6.46. The topological polar surface area (TPSA) is 21.3 Å². The van der Waals surface area contributed by atoms with Gasteiger partial charge in [-0.05, 0) is 53.9 Å². The molecule has 21 heavy (non-hydrogen) atoms. The summed E-state index contributed by atoms with van der Waals surface area (Å²) >= 11 is 3.63. The lowest BCUT2D eigenvalue weighted by Gasteiger charge is -2.45. The van der Waals surface area contributed by atoms with Crippen LogP contribution < -0.4 is 10.1 Å². The van der Waals surface area contributed by atoms with Crippen molar-refractivity contribution in [1.82, 2.24) is 5.32 Å². The Hall–Kier alpha value is -0.540. The molecule has 0 spiro atoms. The fourth-order valence-corrected chi connectivity index (χ4v) is 4.45. The summed E-state index contributed by atoms with van der Waals surface area (Å²) in [6, 6.07) is 6.74. The van der Waals surface area contributed by atoms with Crippen LogP contribution in [0.3, 0.4) is 0 Å². The van der Waals surface area contributed by atoms with Crippen molar-refractivity contribution < 1.29 is 4.74 Å². The van der Waals surface area contributed by atoms with Crippen LogP contribution in [0, 0.1) is 10.8 Å². The zero-order valence-corrected chi connectivity index (χ0v) is 15.5. The van der Waals surface area contributed by atoms with Gasteiger partial charge in [0, 0.05) is 17.1 Å². The number of ether oxygens (including phenoxy) is 1. The molecular formula is C18H28BrNO. The van der Waals surface area contributed by atoms with Crippen LogP contribution in [0.2, 0.25) is 0 Å². The first-order valence-electron chi connectivity index (χ1n) is 7.77. The first kappa shape index (κ1) is 16.8. The van der Waals surface area contributed by atoms with Gasteiger partial charge in [-0.1, -0.05) is 43.6 Å². The average Bonchev–Trinajstić information content (AvgIpc) is 2.34. The average molecular weight is 354 g/mol. The van der Waals surface area contributed by atoms with E-state index in [-0.39, 0.29) is 0 Å². The van der Waals surface area contributed by atoms with Gasteiger partial charge in [0.1, 0.15) is 5.75 Å². The second-order valence-corrected chi connectivity index (χ2v) is 8.80. The molecule has 0 atom stereocenters. The minimum atomic E-state index is 0.422. The highest BCUT2D eigenvalue weighted by Crippen LogP contribution is 2.45. The van der Waals surface area contributed by atoms with Crippen LogP contribution in [0.5, 0.6) is 5.75 Å². The van der Waals surface area contributed by atoms with E-state index >= 15 is 0 Å². The molecule has 2 rings (SSSR count). The van der Waals surface area contributed by atoms with Crippen LogP contribution in [0.4, 0.5) is 0 Å². The Labute approximate surface area is 137 Å². The predicted molar refractivity (Wildman–Crippen MR) is 92.7 cm³/mol. The third-order valence-corrected chi connectivity index (χ3v) is 5.16. The molecule has 0 aromatic heterocycles. The Morgan fingerprint density at radius 2 is 1.81 bits per heavy atom. The highest BCUT2D eigenvalue weighted by atomic mass is 79.9. The molecule has 0 amide bonds. The fraction of sp³-hybridized carbons (Fsp3) is 0.667. The van der Waals surface area contributed by atoms with Gasteiger partial charge in [-0.2, -0.15) is 0 Å². The molecule has 1 aliphatic rings. The minimum absolute atomic E-state index is 0.422. The van der Waals surface area contributed by atoms with Gasteiger partial charge in [-0.15, -0.1) is 0 Å². The SMILES string of the molecule is COc1ccc(Br)c(CNC2CC(C)(C)CC(C)(C)C2)c1. The lowest BCUT2D eigenvalue weighted by atomic mass is 9.63. The lowest BCUT2D eigenvalue weighted by Crippen LogP contribution is -2.43. The van der Waals surface area contributed by atoms with Gasteiger partial charge in [-0.3, -0.25) is 0 Å². The van der Waals surface area contributed by atoms with Gasteiger partial charge >= 0.3 is 0 Å². The van der Waals surface area contributed by atoms with Crippen LogP contribution in [0.15, 0.2) is 22.7 Å². The molecule has 0 bridgehead atoms. The Morgan fingerprint density at radius 3 is 2.38 bits per heavy atom. The van der Waals surface area contributed by atoms with Crippen molar-refractivity contribution in [1.29, 1.82) is 0 Å². The zero-order chi connectivity index (χ0) is 15.7. The van der Waals surface area contributed by atoms with E-state index in [2.05, 4.69) is 61.1 Å². The summed E-state index contributed by atoms with van der Waals surface area (Å²) in [4.78, 5) is 0. The van der Waals surface area contributed by atoms with Crippen molar-refractivity contribution in [3.8, 4) is 5.75 Å². The van der Waals surface area contributed by atoms with Crippen LogP contribution in [0.1, 0.15) is 52.5 Å². The van der Waals surface area contributed by atoms with Gasteiger partial charge in [-0.25, -0.2) is 0 Å². The third-order valence-electron chi connectivity index (χ3n) is 4.39. The molecule has 1 aromatic rings. The number of benzene rings is 1. The third kappa shape index (κ3) is 4.72. The summed E-state index contributed by atoms with van der Waals surface area (Å²) in [5.74, 6) is 0.916. The van der Waals surface area contributed by atoms with Gasteiger partial charge in [0.05, 0.1) is 7.11 Å². The van der Waals surface area contributed by atoms with Gasteiger partial charge in [0.25, 0.3) is 0 Å². The van der Waals surface area contributed by atoms with E-state index in [1.807, 2.05) is 6.07 Å². The van der Waals surface area contributed by atoms with E-state index in [0.29, 0.717) is 16.9 Å². The largest absolute Gasteiger partial charge is 0.497 e. The van der Waals surface area contributed by atoms with Gasteiger partial charge in [0.15, 0.2) is 0 Å². The Bertz CT molecular complexity index is 480. The molecule has 2 nitrogen and oxygen atoms in total. The van der Waals surface area contributed by atoms with E-state index < -0.39 is 0 Å². The van der Waals surface area contributed by atoms with Crippen LogP contribution in [-0.4, -0.2) is 13.2 Å². The molecule has 0 unspecified atom stereocenters. The molecule has 3 heteroatoms. The van der Waals surface area contributed by atoms with Crippen molar-refractivity contribution in [2.75, 3.05) is 7.11 Å². The van der Waals surface area contributed by atoms with E-state index in [9.17, 15) is 0 Å². The van der Waals surface area contributed by atoms with Crippen molar-refractivity contribution in [2.45, 2.75) is 59.5 Å². The second-order valence-electron chi connectivity index (χ2n) is 7.95. The van der Waals surface area contributed by atoms with Crippen molar-refractivity contribution >= 4 is 15.9 Å². The molecule has 1 fully saturated rings. The maximum absolute atomic E-state index is 5.32. The highest BCUT2D eigenvalue weighted by molar-refractivity contribution is 9.10. The number of methoxy groups -OCH3 is 1. The number of hydrogen-bond donors (Lipinski definition) is 1. The van der Waals surface area contributed by atoms with Crippen molar-refractivity contribution in [3.05, 3.63) is 28.2 Å². The van der Waals surface area contributed by atoms with E-state index in [1.165, 1.54) is 24.8 Å². The number of nitrogens with one attached hydrogen (secondary N) is 1. The quantitative estimate of drug-likeness (QED) is 0.807. The maximum atomic E-state index is 5.32.